The van der Waals surface area contributed by atoms with Crippen molar-refractivity contribution in [1.29, 1.82) is 0 Å². The van der Waals surface area contributed by atoms with E-state index in [1.807, 2.05) is 0 Å². The van der Waals surface area contributed by atoms with Gasteiger partial charge in [-0.25, -0.2) is 0 Å². The van der Waals surface area contributed by atoms with Crippen molar-refractivity contribution >= 4 is 5.69 Å². The van der Waals surface area contributed by atoms with Crippen molar-refractivity contribution in [2.45, 2.75) is 13.2 Å². The fourth-order valence-electron chi connectivity index (χ4n) is 0.891. The van der Waals surface area contributed by atoms with Gasteiger partial charge < -0.3 is 20.7 Å². The van der Waals surface area contributed by atoms with E-state index in [-0.39, 0.29) is 18.0 Å². The minimum Gasteiger partial charge on any atom is -0.458 e. The first-order chi connectivity index (χ1) is 8.02. The standard InChI is InChI=1S/C8H9NO4.C2H7NO/c1-6(10)13-8-5-3-2-4-7(8)9(11)12;3-1-2-4/h2-6,10H,1H3;4H,1-3H2. The molecule has 0 aliphatic heterocycles. The molecule has 0 radical (unpaired) electrons. The highest BCUT2D eigenvalue weighted by Crippen LogP contribution is 2.26. The molecule has 0 bridgehead atoms. The number of aliphatic hydroxyl groups is 2. The molecule has 0 aromatic heterocycles. The summed E-state index contributed by atoms with van der Waals surface area (Å²) in [5.41, 5.74) is 4.63. The number of nitro benzene ring substituents is 1. The van der Waals surface area contributed by atoms with E-state index >= 15 is 0 Å². The van der Waals surface area contributed by atoms with E-state index in [1.54, 1.807) is 6.07 Å². The molecule has 0 aliphatic rings. The summed E-state index contributed by atoms with van der Waals surface area (Å²) < 4.78 is 4.82. The minimum atomic E-state index is -1.05. The lowest BCUT2D eigenvalue weighted by Gasteiger charge is -2.07. The average molecular weight is 244 g/mol. The Hall–Kier alpha value is -1.70. The molecule has 7 heteroatoms. The van der Waals surface area contributed by atoms with Crippen LogP contribution in [0.1, 0.15) is 6.92 Å². The van der Waals surface area contributed by atoms with Gasteiger partial charge in [0.2, 0.25) is 0 Å². The van der Waals surface area contributed by atoms with Crippen LogP contribution in [-0.4, -0.2) is 34.6 Å². The van der Waals surface area contributed by atoms with Gasteiger partial charge >= 0.3 is 5.69 Å². The van der Waals surface area contributed by atoms with Crippen molar-refractivity contribution < 1.29 is 19.9 Å². The van der Waals surface area contributed by atoms with Crippen LogP contribution in [-0.2, 0) is 0 Å². The van der Waals surface area contributed by atoms with E-state index in [9.17, 15) is 10.1 Å². The van der Waals surface area contributed by atoms with E-state index < -0.39 is 11.2 Å². The second kappa shape index (κ2) is 8.45. The van der Waals surface area contributed by atoms with Crippen molar-refractivity contribution in [3.63, 3.8) is 0 Å². The third-order valence-corrected chi connectivity index (χ3v) is 1.49. The van der Waals surface area contributed by atoms with Crippen LogP contribution in [0, 0.1) is 10.1 Å². The van der Waals surface area contributed by atoms with Crippen molar-refractivity contribution in [1.82, 2.24) is 0 Å². The van der Waals surface area contributed by atoms with Crippen LogP contribution in [0.3, 0.4) is 0 Å². The maximum Gasteiger partial charge on any atom is 0.311 e. The average Bonchev–Trinajstić information content (AvgIpc) is 2.29. The Labute approximate surface area is 98.6 Å². The monoisotopic (exact) mass is 244 g/mol. The molecule has 1 atom stereocenters. The zero-order valence-corrected chi connectivity index (χ0v) is 9.44. The summed E-state index contributed by atoms with van der Waals surface area (Å²) in [6.07, 6.45) is -1.05. The van der Waals surface area contributed by atoms with Crippen LogP contribution in [0.15, 0.2) is 24.3 Å². The quantitative estimate of drug-likeness (QED) is 0.397. The molecule has 0 saturated heterocycles. The lowest BCUT2D eigenvalue weighted by Crippen LogP contribution is -2.10. The predicted molar refractivity (Wildman–Crippen MR) is 61.5 cm³/mol. The second-order valence-electron chi connectivity index (χ2n) is 2.95. The maximum atomic E-state index is 10.4. The predicted octanol–water partition coefficient (Wildman–Crippen LogP) is 0.249. The molecule has 17 heavy (non-hydrogen) atoms. The first-order valence-corrected chi connectivity index (χ1v) is 4.92. The highest BCUT2D eigenvalue weighted by atomic mass is 16.6. The zero-order chi connectivity index (χ0) is 13.3. The van der Waals surface area contributed by atoms with Gasteiger partial charge in [-0.2, -0.15) is 0 Å². The molecule has 0 heterocycles. The summed E-state index contributed by atoms with van der Waals surface area (Å²) in [7, 11) is 0. The van der Waals surface area contributed by atoms with Crippen LogP contribution < -0.4 is 10.5 Å². The number of hydrogen-bond donors (Lipinski definition) is 3. The molecule has 96 valence electrons. The van der Waals surface area contributed by atoms with Gasteiger partial charge in [0.1, 0.15) is 0 Å². The number of benzene rings is 1. The maximum absolute atomic E-state index is 10.4. The Balaban J connectivity index is 0.000000557. The Morgan fingerprint density at radius 2 is 2.06 bits per heavy atom. The topological polar surface area (TPSA) is 119 Å². The third-order valence-electron chi connectivity index (χ3n) is 1.49. The fraction of sp³-hybridized carbons (Fsp3) is 0.400. The Morgan fingerprint density at radius 1 is 1.53 bits per heavy atom. The van der Waals surface area contributed by atoms with Gasteiger partial charge in [0.25, 0.3) is 0 Å². The first kappa shape index (κ1) is 15.3. The van der Waals surface area contributed by atoms with E-state index in [0.29, 0.717) is 6.54 Å². The molecule has 1 unspecified atom stereocenters. The second-order valence-corrected chi connectivity index (χ2v) is 2.95. The molecule has 1 aromatic carbocycles. The summed E-state index contributed by atoms with van der Waals surface area (Å²) in [4.78, 5) is 9.89. The molecule has 1 rings (SSSR count). The van der Waals surface area contributed by atoms with Gasteiger partial charge in [-0.15, -0.1) is 0 Å². The number of rotatable bonds is 4. The largest absolute Gasteiger partial charge is 0.458 e. The summed E-state index contributed by atoms with van der Waals surface area (Å²) in [6, 6.07) is 5.89. The smallest absolute Gasteiger partial charge is 0.311 e. The SMILES string of the molecule is CC(O)Oc1ccccc1[N+](=O)[O-].NCCO. The lowest BCUT2D eigenvalue weighted by molar-refractivity contribution is -0.386. The van der Waals surface area contributed by atoms with Crippen molar-refractivity contribution in [3.8, 4) is 5.75 Å². The summed E-state index contributed by atoms with van der Waals surface area (Å²) in [6.45, 7) is 1.86. The van der Waals surface area contributed by atoms with Gasteiger partial charge in [-0.3, -0.25) is 10.1 Å². The number of nitrogens with two attached hydrogens (primary N) is 1. The summed E-state index contributed by atoms with van der Waals surface area (Å²) >= 11 is 0. The van der Waals surface area contributed by atoms with Crippen molar-refractivity contribution in [3.05, 3.63) is 34.4 Å². The van der Waals surface area contributed by atoms with Crippen molar-refractivity contribution in [2.75, 3.05) is 13.2 Å². The summed E-state index contributed by atoms with van der Waals surface area (Å²) in [5, 5.41) is 27.1. The van der Waals surface area contributed by atoms with Gasteiger partial charge in [-0.1, -0.05) is 12.1 Å². The molecule has 0 fully saturated rings. The van der Waals surface area contributed by atoms with Gasteiger partial charge in [0.05, 0.1) is 11.5 Å². The molecule has 4 N–H and O–H groups in total. The summed E-state index contributed by atoms with van der Waals surface area (Å²) in [5.74, 6) is 0.0718. The number of para-hydroxylation sites is 2. The molecule has 0 spiro atoms. The molecule has 0 aliphatic carbocycles. The van der Waals surface area contributed by atoms with Gasteiger partial charge in [0.15, 0.2) is 12.0 Å². The number of hydrogen-bond acceptors (Lipinski definition) is 6. The number of nitro groups is 1. The van der Waals surface area contributed by atoms with E-state index in [0.717, 1.165) is 0 Å². The van der Waals surface area contributed by atoms with Crippen LogP contribution >= 0.6 is 0 Å². The normalized spacial score (nSPS) is 11.1. The van der Waals surface area contributed by atoms with Crippen LogP contribution in [0.2, 0.25) is 0 Å². The fourth-order valence-corrected chi connectivity index (χ4v) is 0.891. The molecular weight excluding hydrogens is 228 g/mol. The number of nitrogens with zero attached hydrogens (tertiary/aromatic N) is 1. The third kappa shape index (κ3) is 6.46. The molecule has 7 nitrogen and oxygen atoms in total. The van der Waals surface area contributed by atoms with E-state index in [4.69, 9.17) is 20.7 Å². The highest BCUT2D eigenvalue weighted by Gasteiger charge is 2.14. The molecule has 1 aromatic rings. The first-order valence-electron chi connectivity index (χ1n) is 4.92. The molecular formula is C10H16N2O5. The Kier molecular flexibility index (Phi) is 7.61. The number of ether oxygens (including phenoxy) is 1. The Bertz CT molecular complexity index is 341. The van der Waals surface area contributed by atoms with E-state index in [2.05, 4.69) is 0 Å². The van der Waals surface area contributed by atoms with Crippen molar-refractivity contribution in [2.24, 2.45) is 5.73 Å². The lowest BCUT2D eigenvalue weighted by atomic mass is 10.3. The van der Waals surface area contributed by atoms with Gasteiger partial charge in [-0.05, 0) is 13.0 Å². The molecule has 0 saturated carbocycles. The van der Waals surface area contributed by atoms with Crippen LogP contribution in [0.25, 0.3) is 0 Å². The molecule has 0 amide bonds. The van der Waals surface area contributed by atoms with Gasteiger partial charge in [0, 0.05) is 12.6 Å². The van der Waals surface area contributed by atoms with Crippen LogP contribution in [0.5, 0.6) is 5.75 Å². The zero-order valence-electron chi connectivity index (χ0n) is 9.44. The van der Waals surface area contributed by atoms with E-state index in [1.165, 1.54) is 25.1 Å². The highest BCUT2D eigenvalue weighted by molar-refractivity contribution is 5.45. The number of aliphatic hydroxyl groups excluding tert-OH is 2. The Morgan fingerprint density at radius 3 is 2.47 bits per heavy atom. The van der Waals surface area contributed by atoms with Crippen LogP contribution in [0.4, 0.5) is 5.69 Å². The minimum absolute atomic E-state index is 0.0718.